The van der Waals surface area contributed by atoms with Crippen LogP contribution in [0.4, 0.5) is 11.4 Å². The quantitative estimate of drug-likeness (QED) is 0.454. The van der Waals surface area contributed by atoms with Gasteiger partial charge in [-0.2, -0.15) is 0 Å². The van der Waals surface area contributed by atoms with Gasteiger partial charge >= 0.3 is 0 Å². The van der Waals surface area contributed by atoms with Gasteiger partial charge in [-0.15, -0.1) is 0 Å². The van der Waals surface area contributed by atoms with E-state index in [2.05, 4.69) is 10.6 Å². The molecule has 6 nitrogen and oxygen atoms in total. The van der Waals surface area contributed by atoms with E-state index in [9.17, 15) is 4.79 Å². The van der Waals surface area contributed by atoms with Gasteiger partial charge in [-0.05, 0) is 98.9 Å². The average molecular weight is 437 g/mol. The number of benzene rings is 3. The third-order valence-corrected chi connectivity index (χ3v) is 4.35. The largest absolute Gasteiger partial charge is 0.494 e. The molecule has 31 heavy (non-hydrogen) atoms. The van der Waals surface area contributed by atoms with Crippen LogP contribution in [-0.4, -0.2) is 24.3 Å². The molecule has 0 atom stereocenters. The van der Waals surface area contributed by atoms with Gasteiger partial charge in [0, 0.05) is 16.9 Å². The molecule has 0 aromatic heterocycles. The van der Waals surface area contributed by atoms with Gasteiger partial charge in [-0.3, -0.25) is 4.79 Å². The summed E-state index contributed by atoms with van der Waals surface area (Å²) >= 11 is 5.25. The van der Waals surface area contributed by atoms with Crippen LogP contribution in [0.1, 0.15) is 24.2 Å². The SMILES string of the molecule is CCOc1ccc(NC(=O)c2ccc(OC(=S)Nc3ccc(OCC)cc3)cc2)cc1. The number of anilines is 2. The summed E-state index contributed by atoms with van der Waals surface area (Å²) in [6.07, 6.45) is 0. The van der Waals surface area contributed by atoms with Gasteiger partial charge in [0.15, 0.2) is 0 Å². The third kappa shape index (κ3) is 6.72. The van der Waals surface area contributed by atoms with Gasteiger partial charge in [0.05, 0.1) is 13.2 Å². The van der Waals surface area contributed by atoms with Crippen molar-refractivity contribution in [3.63, 3.8) is 0 Å². The number of carbonyl (C=O) groups is 1. The van der Waals surface area contributed by atoms with E-state index in [-0.39, 0.29) is 11.1 Å². The topological polar surface area (TPSA) is 68.8 Å². The fourth-order valence-corrected chi connectivity index (χ4v) is 2.94. The molecule has 0 radical (unpaired) electrons. The van der Waals surface area contributed by atoms with Crippen LogP contribution in [-0.2, 0) is 0 Å². The molecule has 0 aliphatic rings. The first-order valence-electron chi connectivity index (χ1n) is 9.93. The van der Waals surface area contributed by atoms with E-state index >= 15 is 0 Å². The second kappa shape index (κ2) is 11.0. The lowest BCUT2D eigenvalue weighted by Gasteiger charge is -2.11. The smallest absolute Gasteiger partial charge is 0.266 e. The first-order valence-corrected chi connectivity index (χ1v) is 10.3. The van der Waals surface area contributed by atoms with Crippen LogP contribution in [0.5, 0.6) is 17.2 Å². The summed E-state index contributed by atoms with van der Waals surface area (Å²) in [7, 11) is 0. The van der Waals surface area contributed by atoms with Crippen molar-refractivity contribution in [1.82, 2.24) is 0 Å². The zero-order chi connectivity index (χ0) is 22.1. The number of thiocarbonyl (C=S) groups is 1. The van der Waals surface area contributed by atoms with Crippen LogP contribution in [0.25, 0.3) is 0 Å². The summed E-state index contributed by atoms with van der Waals surface area (Å²) in [5.41, 5.74) is 1.99. The molecule has 0 spiro atoms. The Balaban J connectivity index is 1.52. The zero-order valence-electron chi connectivity index (χ0n) is 17.4. The van der Waals surface area contributed by atoms with Crippen LogP contribution in [0.3, 0.4) is 0 Å². The van der Waals surface area contributed by atoms with Crippen molar-refractivity contribution in [2.75, 3.05) is 23.8 Å². The molecule has 3 aromatic carbocycles. The van der Waals surface area contributed by atoms with Crippen molar-refractivity contribution in [2.45, 2.75) is 13.8 Å². The molecule has 0 heterocycles. The van der Waals surface area contributed by atoms with Crippen molar-refractivity contribution in [2.24, 2.45) is 0 Å². The van der Waals surface area contributed by atoms with Crippen molar-refractivity contribution >= 4 is 34.7 Å². The van der Waals surface area contributed by atoms with Gasteiger partial charge in [-0.25, -0.2) is 0 Å². The Morgan fingerprint density at radius 3 is 1.65 bits per heavy atom. The minimum absolute atomic E-state index is 0.204. The molecule has 2 N–H and O–H groups in total. The fourth-order valence-electron chi connectivity index (χ4n) is 2.73. The molecule has 0 saturated carbocycles. The third-order valence-electron chi connectivity index (χ3n) is 4.16. The van der Waals surface area contributed by atoms with Gasteiger partial charge in [-0.1, -0.05) is 0 Å². The molecule has 1 amide bonds. The molecule has 7 heteroatoms. The highest BCUT2D eigenvalue weighted by atomic mass is 32.1. The van der Waals surface area contributed by atoms with Crippen LogP contribution < -0.4 is 24.8 Å². The zero-order valence-corrected chi connectivity index (χ0v) is 18.2. The first-order chi connectivity index (χ1) is 15.1. The molecule has 160 valence electrons. The normalized spacial score (nSPS) is 10.1. The van der Waals surface area contributed by atoms with Crippen molar-refractivity contribution < 1.29 is 19.0 Å². The lowest BCUT2D eigenvalue weighted by molar-refractivity contribution is 0.102. The molecule has 0 unspecified atom stereocenters. The van der Waals surface area contributed by atoms with E-state index in [1.165, 1.54) is 0 Å². The maximum atomic E-state index is 12.4. The Morgan fingerprint density at radius 2 is 1.16 bits per heavy atom. The van der Waals surface area contributed by atoms with Gasteiger partial charge < -0.3 is 24.8 Å². The summed E-state index contributed by atoms with van der Waals surface area (Å²) in [5.74, 6) is 1.86. The van der Waals surface area contributed by atoms with Crippen LogP contribution >= 0.6 is 12.2 Å². The first kappa shape index (κ1) is 22.1. The second-order valence-corrected chi connectivity index (χ2v) is 6.78. The predicted octanol–water partition coefficient (Wildman–Crippen LogP) is 5.51. The summed E-state index contributed by atoms with van der Waals surface area (Å²) in [6, 6.07) is 21.4. The maximum Gasteiger partial charge on any atom is 0.266 e. The number of rotatable bonds is 8. The summed E-state index contributed by atoms with van der Waals surface area (Å²) in [5, 5.41) is 6.06. The lowest BCUT2D eigenvalue weighted by atomic mass is 10.2. The summed E-state index contributed by atoms with van der Waals surface area (Å²) < 4.78 is 16.4. The average Bonchev–Trinajstić information content (AvgIpc) is 2.77. The molecule has 0 aliphatic carbocycles. The number of amides is 1. The second-order valence-electron chi connectivity index (χ2n) is 6.41. The molecular formula is C24H24N2O4S. The Bertz CT molecular complexity index is 1000. The Morgan fingerprint density at radius 1 is 0.710 bits per heavy atom. The minimum Gasteiger partial charge on any atom is -0.494 e. The van der Waals surface area contributed by atoms with E-state index in [0.29, 0.717) is 30.2 Å². The van der Waals surface area contributed by atoms with Crippen LogP contribution in [0.15, 0.2) is 72.8 Å². The van der Waals surface area contributed by atoms with Gasteiger partial charge in [0.25, 0.3) is 11.1 Å². The van der Waals surface area contributed by atoms with Crippen molar-refractivity contribution in [1.29, 1.82) is 0 Å². The number of carbonyl (C=O) groups excluding carboxylic acids is 1. The van der Waals surface area contributed by atoms with E-state index in [1.807, 2.05) is 50.2 Å². The number of nitrogens with one attached hydrogen (secondary N) is 2. The highest BCUT2D eigenvalue weighted by molar-refractivity contribution is 7.80. The van der Waals surface area contributed by atoms with E-state index < -0.39 is 0 Å². The maximum absolute atomic E-state index is 12.4. The number of hydrogen-bond donors (Lipinski definition) is 2. The summed E-state index contributed by atoms with van der Waals surface area (Å²) in [4.78, 5) is 12.4. The predicted molar refractivity (Wildman–Crippen MR) is 126 cm³/mol. The lowest BCUT2D eigenvalue weighted by Crippen LogP contribution is -2.16. The molecule has 0 fully saturated rings. The number of ether oxygens (including phenoxy) is 3. The Hall–Kier alpha value is -3.58. The minimum atomic E-state index is -0.217. The highest BCUT2D eigenvalue weighted by Gasteiger charge is 2.08. The van der Waals surface area contributed by atoms with Crippen LogP contribution in [0.2, 0.25) is 0 Å². The molecule has 0 aliphatic heterocycles. The molecule has 0 bridgehead atoms. The monoisotopic (exact) mass is 436 g/mol. The highest BCUT2D eigenvalue weighted by Crippen LogP contribution is 2.19. The van der Waals surface area contributed by atoms with Gasteiger partial charge in [0.1, 0.15) is 17.2 Å². The molecule has 3 aromatic rings. The molecule has 3 rings (SSSR count). The fraction of sp³-hybridized carbons (Fsp3) is 0.167. The van der Waals surface area contributed by atoms with Gasteiger partial charge in [0.2, 0.25) is 0 Å². The van der Waals surface area contributed by atoms with E-state index in [1.54, 1.807) is 36.4 Å². The van der Waals surface area contributed by atoms with Crippen LogP contribution in [0, 0.1) is 0 Å². The Kier molecular flexibility index (Phi) is 7.84. The standard InChI is InChI=1S/C24H24N2O4S/c1-3-28-20-13-7-18(8-14-20)25-23(27)17-5-11-22(12-6-17)30-24(31)26-19-9-15-21(16-10-19)29-4-2/h5-16H,3-4H2,1-2H3,(H,25,27)(H,26,31). The van der Waals surface area contributed by atoms with E-state index in [0.717, 1.165) is 17.2 Å². The molecule has 0 saturated heterocycles. The van der Waals surface area contributed by atoms with E-state index in [4.69, 9.17) is 26.4 Å². The van der Waals surface area contributed by atoms with Crippen molar-refractivity contribution in [3.05, 3.63) is 78.4 Å². The number of hydrogen-bond acceptors (Lipinski definition) is 5. The molecular weight excluding hydrogens is 412 g/mol. The van der Waals surface area contributed by atoms with Crippen molar-refractivity contribution in [3.8, 4) is 17.2 Å². The summed E-state index contributed by atoms with van der Waals surface area (Å²) in [6.45, 7) is 5.07. The Labute approximate surface area is 187 Å².